The van der Waals surface area contributed by atoms with E-state index in [-0.39, 0.29) is 12.0 Å². The van der Waals surface area contributed by atoms with Crippen LogP contribution in [0, 0.1) is 12.8 Å². The Labute approximate surface area is 165 Å². The summed E-state index contributed by atoms with van der Waals surface area (Å²) in [6.45, 7) is 7.73. The second kappa shape index (κ2) is 6.47. The predicted octanol–water partition coefficient (Wildman–Crippen LogP) is 4.96. The van der Waals surface area contributed by atoms with Crippen LogP contribution in [0.25, 0.3) is 0 Å². The van der Waals surface area contributed by atoms with Crippen molar-refractivity contribution in [2.45, 2.75) is 56.5 Å². The molecule has 1 aromatic heterocycles. The molecule has 6 heteroatoms. The number of benzene rings is 1. The minimum atomic E-state index is -3.54. The molecule has 0 saturated heterocycles. The first-order valence-corrected chi connectivity index (χ1v) is 11.7. The van der Waals surface area contributed by atoms with Crippen molar-refractivity contribution < 1.29 is 8.42 Å². The summed E-state index contributed by atoms with van der Waals surface area (Å²) >= 11 is 1.80. The number of sulfonamides is 1. The number of hydrogen-bond acceptors (Lipinski definition) is 4. The van der Waals surface area contributed by atoms with E-state index in [0.29, 0.717) is 10.8 Å². The minimum absolute atomic E-state index is 0.248. The number of allylic oxidation sites excluding steroid dienone is 2. The smallest absolute Gasteiger partial charge is 0.241 e. The Hall–Kier alpha value is -1.63. The fraction of sp³-hybridized carbons (Fsp3) is 0.429. The summed E-state index contributed by atoms with van der Waals surface area (Å²) in [5.41, 5.74) is 2.93. The molecule has 1 aromatic carbocycles. The largest absolute Gasteiger partial charge is 0.377 e. The number of fused-ring (bicyclic) bond motifs is 3. The number of nitrogens with one attached hydrogen (secondary N) is 2. The lowest BCUT2D eigenvalue weighted by molar-refractivity contribution is 0.428. The summed E-state index contributed by atoms with van der Waals surface area (Å²) in [5, 5.41) is 5.84. The molecule has 1 aliphatic heterocycles. The maximum Gasteiger partial charge on any atom is 0.241 e. The van der Waals surface area contributed by atoms with E-state index in [2.05, 4.69) is 40.6 Å². The zero-order chi connectivity index (χ0) is 19.4. The first-order valence-electron chi connectivity index (χ1n) is 9.31. The quantitative estimate of drug-likeness (QED) is 0.714. The van der Waals surface area contributed by atoms with Crippen molar-refractivity contribution in [3.63, 3.8) is 0 Å². The van der Waals surface area contributed by atoms with Crippen molar-refractivity contribution >= 4 is 27.0 Å². The van der Waals surface area contributed by atoms with Gasteiger partial charge in [-0.3, -0.25) is 0 Å². The van der Waals surface area contributed by atoms with Crippen LogP contribution in [0.5, 0.6) is 0 Å². The lowest BCUT2D eigenvalue weighted by Crippen LogP contribution is -2.40. The van der Waals surface area contributed by atoms with Crippen LogP contribution in [0.3, 0.4) is 0 Å². The van der Waals surface area contributed by atoms with Crippen molar-refractivity contribution in [3.05, 3.63) is 57.8 Å². The molecular formula is C21H26N2O2S2. The summed E-state index contributed by atoms with van der Waals surface area (Å²) in [6.07, 6.45) is 5.49. The Bertz CT molecular complexity index is 999. The van der Waals surface area contributed by atoms with Crippen LogP contribution in [-0.4, -0.2) is 14.0 Å². The highest BCUT2D eigenvalue weighted by Crippen LogP contribution is 2.51. The predicted molar refractivity (Wildman–Crippen MR) is 112 cm³/mol. The summed E-state index contributed by atoms with van der Waals surface area (Å²) in [6, 6.07) is 7.92. The standard InChI is InChI=1S/C21H26N2O2S2/c1-13-10-11-26-20(13)19-16-7-5-6-15(16)17-12-14(8-9-18(17)22-19)27(24,25)23-21(2,3)4/h5-6,8-12,15-16,19,22-23H,7H2,1-4H3. The van der Waals surface area contributed by atoms with Gasteiger partial charge in [-0.15, -0.1) is 11.3 Å². The molecule has 2 aliphatic rings. The third-order valence-electron chi connectivity index (χ3n) is 5.27. The SMILES string of the molecule is Cc1ccsc1C1Nc2ccc(S(=O)(=O)NC(C)(C)C)cc2C2C=CCC21. The van der Waals surface area contributed by atoms with Crippen molar-refractivity contribution in [2.24, 2.45) is 5.92 Å². The number of rotatable bonds is 3. The van der Waals surface area contributed by atoms with E-state index in [9.17, 15) is 8.42 Å². The van der Waals surface area contributed by atoms with E-state index < -0.39 is 15.6 Å². The number of hydrogen-bond donors (Lipinski definition) is 2. The van der Waals surface area contributed by atoms with Crippen molar-refractivity contribution in [1.82, 2.24) is 4.72 Å². The van der Waals surface area contributed by atoms with E-state index in [1.807, 2.05) is 32.9 Å². The van der Waals surface area contributed by atoms with Crippen LogP contribution in [0.15, 0.2) is 46.7 Å². The average molecular weight is 403 g/mol. The van der Waals surface area contributed by atoms with Gasteiger partial charge in [0.15, 0.2) is 0 Å². The molecule has 0 spiro atoms. The van der Waals surface area contributed by atoms with E-state index in [4.69, 9.17) is 0 Å². The number of anilines is 1. The maximum absolute atomic E-state index is 12.8. The second-order valence-corrected chi connectivity index (χ2v) is 11.2. The highest BCUT2D eigenvalue weighted by atomic mass is 32.2. The van der Waals surface area contributed by atoms with E-state index in [0.717, 1.165) is 17.7 Å². The van der Waals surface area contributed by atoms with Crippen LogP contribution >= 0.6 is 11.3 Å². The molecule has 27 heavy (non-hydrogen) atoms. The fourth-order valence-electron chi connectivity index (χ4n) is 4.16. The van der Waals surface area contributed by atoms with Gasteiger partial charge in [-0.1, -0.05) is 12.2 Å². The Morgan fingerprint density at radius 3 is 2.67 bits per heavy atom. The molecule has 1 aliphatic carbocycles. The summed E-state index contributed by atoms with van der Waals surface area (Å²) in [4.78, 5) is 1.72. The molecule has 0 bridgehead atoms. The average Bonchev–Trinajstić information content (AvgIpc) is 3.20. The van der Waals surface area contributed by atoms with E-state index in [1.165, 1.54) is 10.4 Å². The topological polar surface area (TPSA) is 58.2 Å². The second-order valence-electron chi connectivity index (χ2n) is 8.55. The Kier molecular flexibility index (Phi) is 4.48. The van der Waals surface area contributed by atoms with Gasteiger partial charge in [0.25, 0.3) is 0 Å². The van der Waals surface area contributed by atoms with Gasteiger partial charge in [-0.25, -0.2) is 13.1 Å². The molecule has 144 valence electrons. The first kappa shape index (κ1) is 18.7. The molecule has 0 amide bonds. The molecule has 0 radical (unpaired) electrons. The Morgan fingerprint density at radius 1 is 1.22 bits per heavy atom. The van der Waals surface area contributed by atoms with Gasteiger partial charge in [0, 0.05) is 22.0 Å². The first-order chi connectivity index (χ1) is 12.7. The van der Waals surface area contributed by atoms with E-state index >= 15 is 0 Å². The minimum Gasteiger partial charge on any atom is -0.377 e. The molecule has 4 rings (SSSR count). The third-order valence-corrected chi connectivity index (χ3v) is 8.13. The van der Waals surface area contributed by atoms with Crippen LogP contribution < -0.4 is 10.0 Å². The molecule has 2 N–H and O–H groups in total. The van der Waals surface area contributed by atoms with Crippen LogP contribution in [-0.2, 0) is 10.0 Å². The van der Waals surface area contributed by atoms with Gasteiger partial charge in [0.1, 0.15) is 0 Å². The zero-order valence-corrected chi connectivity index (χ0v) is 17.7. The molecule has 4 nitrogen and oxygen atoms in total. The fourth-order valence-corrected chi connectivity index (χ4v) is 6.67. The van der Waals surface area contributed by atoms with Crippen molar-refractivity contribution in [1.29, 1.82) is 0 Å². The normalized spacial score (nSPS) is 24.4. The van der Waals surface area contributed by atoms with Crippen molar-refractivity contribution in [2.75, 3.05) is 5.32 Å². The monoisotopic (exact) mass is 402 g/mol. The number of thiophene rings is 1. The summed E-state index contributed by atoms with van der Waals surface area (Å²) in [5.74, 6) is 0.668. The van der Waals surface area contributed by atoms with Crippen LogP contribution in [0.4, 0.5) is 5.69 Å². The molecule has 2 heterocycles. The molecule has 2 aromatic rings. The molecular weight excluding hydrogens is 376 g/mol. The number of aryl methyl sites for hydroxylation is 1. The molecule has 3 atom stereocenters. The zero-order valence-electron chi connectivity index (χ0n) is 16.1. The molecule has 0 saturated carbocycles. The van der Waals surface area contributed by atoms with Gasteiger partial charge in [-0.05, 0) is 80.8 Å². The molecule has 3 unspecified atom stereocenters. The maximum atomic E-state index is 12.8. The van der Waals surface area contributed by atoms with Gasteiger partial charge in [0.2, 0.25) is 10.0 Å². The summed E-state index contributed by atoms with van der Waals surface area (Å²) < 4.78 is 28.3. The highest BCUT2D eigenvalue weighted by Gasteiger charge is 2.39. The van der Waals surface area contributed by atoms with Gasteiger partial charge in [0.05, 0.1) is 10.9 Å². The van der Waals surface area contributed by atoms with Gasteiger partial charge >= 0.3 is 0 Å². The Balaban J connectivity index is 1.74. The van der Waals surface area contributed by atoms with Crippen LogP contribution in [0.1, 0.15) is 55.2 Å². The van der Waals surface area contributed by atoms with Gasteiger partial charge in [-0.2, -0.15) is 0 Å². The Morgan fingerprint density at radius 2 is 2.00 bits per heavy atom. The van der Waals surface area contributed by atoms with Crippen LogP contribution in [0.2, 0.25) is 0 Å². The van der Waals surface area contributed by atoms with Gasteiger partial charge < -0.3 is 5.32 Å². The third kappa shape index (κ3) is 3.46. The summed E-state index contributed by atoms with van der Waals surface area (Å²) in [7, 11) is -3.54. The van der Waals surface area contributed by atoms with E-state index in [1.54, 1.807) is 17.4 Å². The van der Waals surface area contributed by atoms with Crippen molar-refractivity contribution in [3.8, 4) is 0 Å². The lowest BCUT2D eigenvalue weighted by atomic mass is 9.78. The lowest BCUT2D eigenvalue weighted by Gasteiger charge is -2.37. The highest BCUT2D eigenvalue weighted by molar-refractivity contribution is 7.89. The molecule has 0 fully saturated rings.